The van der Waals surface area contributed by atoms with E-state index in [-0.39, 0.29) is 12.3 Å². The highest BCUT2D eigenvalue weighted by Crippen LogP contribution is 2.47. The van der Waals surface area contributed by atoms with Crippen LogP contribution >= 0.6 is 0 Å². The zero-order valence-electron chi connectivity index (χ0n) is 14.9. The Morgan fingerprint density at radius 2 is 1.77 bits per heavy atom. The van der Waals surface area contributed by atoms with Crippen molar-refractivity contribution < 1.29 is 14.7 Å². The van der Waals surface area contributed by atoms with E-state index in [1.54, 1.807) is 4.90 Å². The molecule has 2 aromatic rings. The molecular formula is C22H23NO3. The molecular weight excluding hydrogens is 326 g/mol. The average Bonchev–Trinajstić information content (AvgIpc) is 2.84. The quantitative estimate of drug-likeness (QED) is 0.758. The van der Waals surface area contributed by atoms with E-state index in [1.165, 1.54) is 0 Å². The third-order valence-electron chi connectivity index (χ3n) is 4.98. The van der Waals surface area contributed by atoms with Gasteiger partial charge in [-0.3, -0.25) is 9.59 Å². The molecule has 1 N–H and O–H groups in total. The van der Waals surface area contributed by atoms with Gasteiger partial charge in [-0.25, -0.2) is 0 Å². The number of carbonyl (C=O) groups excluding carboxylic acids is 1. The highest BCUT2D eigenvalue weighted by molar-refractivity contribution is 6.09. The van der Waals surface area contributed by atoms with Gasteiger partial charge < -0.3 is 10.0 Å². The molecule has 2 aromatic carbocycles. The molecule has 26 heavy (non-hydrogen) atoms. The Balaban J connectivity index is 2.05. The molecule has 1 amide bonds. The van der Waals surface area contributed by atoms with Crippen LogP contribution in [0.4, 0.5) is 5.69 Å². The van der Waals surface area contributed by atoms with Crippen molar-refractivity contribution in [3.05, 3.63) is 77.9 Å². The van der Waals surface area contributed by atoms with Crippen molar-refractivity contribution in [2.24, 2.45) is 0 Å². The van der Waals surface area contributed by atoms with Gasteiger partial charge in [0.25, 0.3) is 0 Å². The molecule has 4 heteroatoms. The van der Waals surface area contributed by atoms with Crippen LogP contribution in [0.1, 0.15) is 37.3 Å². The van der Waals surface area contributed by atoms with E-state index in [1.807, 2.05) is 61.5 Å². The van der Waals surface area contributed by atoms with E-state index < -0.39 is 11.4 Å². The number of carboxylic acid groups (broad SMARTS) is 1. The summed E-state index contributed by atoms with van der Waals surface area (Å²) in [6.45, 7) is 6.26. The monoisotopic (exact) mass is 349 g/mol. The average molecular weight is 349 g/mol. The number of carbonyl (C=O) groups is 2. The number of anilines is 1. The fourth-order valence-electron chi connectivity index (χ4n) is 3.71. The third kappa shape index (κ3) is 3.27. The van der Waals surface area contributed by atoms with Gasteiger partial charge >= 0.3 is 5.97 Å². The smallest absolute Gasteiger partial charge is 0.304 e. The molecule has 0 fully saturated rings. The molecule has 0 aliphatic carbocycles. The van der Waals surface area contributed by atoms with Gasteiger partial charge in [-0.2, -0.15) is 0 Å². The Morgan fingerprint density at radius 1 is 1.12 bits per heavy atom. The number of nitrogens with zero attached hydrogens (tertiary/aromatic N) is 1. The largest absolute Gasteiger partial charge is 0.481 e. The number of hydrogen-bond acceptors (Lipinski definition) is 2. The van der Waals surface area contributed by atoms with Gasteiger partial charge in [0.15, 0.2) is 0 Å². The molecule has 0 unspecified atom stereocenters. The molecule has 1 heterocycles. The molecule has 0 aromatic heterocycles. The number of fused-ring (bicyclic) bond motifs is 1. The first-order valence-electron chi connectivity index (χ1n) is 8.75. The number of allylic oxidation sites excluding steroid dienone is 1. The number of para-hydroxylation sites is 1. The van der Waals surface area contributed by atoms with Gasteiger partial charge in [-0.05, 0) is 37.0 Å². The summed E-state index contributed by atoms with van der Waals surface area (Å²) >= 11 is 0. The minimum absolute atomic E-state index is 0.133. The zero-order chi connectivity index (χ0) is 18.7. The van der Waals surface area contributed by atoms with Gasteiger partial charge in [0, 0.05) is 5.69 Å². The number of hydrogen-bond donors (Lipinski definition) is 1. The predicted molar refractivity (Wildman–Crippen MR) is 102 cm³/mol. The topological polar surface area (TPSA) is 57.6 Å². The maximum Gasteiger partial charge on any atom is 0.304 e. The van der Waals surface area contributed by atoms with Crippen molar-refractivity contribution in [3.8, 4) is 0 Å². The van der Waals surface area contributed by atoms with Crippen LogP contribution in [0.2, 0.25) is 0 Å². The van der Waals surface area contributed by atoms with Crippen LogP contribution in [0.3, 0.4) is 0 Å². The first-order chi connectivity index (χ1) is 12.4. The summed E-state index contributed by atoms with van der Waals surface area (Å²) in [5.41, 5.74) is 2.55. The third-order valence-corrected chi connectivity index (χ3v) is 4.98. The van der Waals surface area contributed by atoms with E-state index in [9.17, 15) is 14.7 Å². The van der Waals surface area contributed by atoms with E-state index in [0.717, 1.165) is 22.4 Å². The lowest BCUT2D eigenvalue weighted by atomic mass is 9.74. The Hall–Kier alpha value is -2.88. The second-order valence-corrected chi connectivity index (χ2v) is 7.00. The first kappa shape index (κ1) is 17.9. The molecule has 0 saturated carbocycles. The van der Waals surface area contributed by atoms with Crippen LogP contribution in [0, 0.1) is 0 Å². The summed E-state index contributed by atoms with van der Waals surface area (Å²) in [6.07, 6.45) is 0.865. The second kappa shape index (κ2) is 7.16. The fraction of sp³-hybridized carbons (Fsp3) is 0.273. The lowest BCUT2D eigenvalue weighted by molar-refractivity contribution is -0.141. The summed E-state index contributed by atoms with van der Waals surface area (Å²) in [4.78, 5) is 26.8. The molecule has 0 bridgehead atoms. The van der Waals surface area contributed by atoms with Crippen LogP contribution in [-0.4, -0.2) is 17.0 Å². The van der Waals surface area contributed by atoms with E-state index in [0.29, 0.717) is 19.4 Å². The Bertz CT molecular complexity index is 843. The number of carboxylic acids is 1. The normalized spacial score (nSPS) is 18.7. The van der Waals surface area contributed by atoms with Crippen molar-refractivity contribution in [1.82, 2.24) is 0 Å². The zero-order valence-corrected chi connectivity index (χ0v) is 14.9. The van der Waals surface area contributed by atoms with Crippen molar-refractivity contribution in [2.75, 3.05) is 4.90 Å². The second-order valence-electron chi connectivity index (χ2n) is 7.00. The molecule has 1 aliphatic heterocycles. The SMILES string of the molecule is C=C(C)CC[C@@]1(CC(=O)O)C(=O)N(Cc2ccccc2)c2ccccc21. The van der Waals surface area contributed by atoms with E-state index in [4.69, 9.17) is 0 Å². The molecule has 1 aliphatic rings. The van der Waals surface area contributed by atoms with E-state index in [2.05, 4.69) is 6.58 Å². The van der Waals surface area contributed by atoms with Crippen LogP contribution in [0.5, 0.6) is 0 Å². The van der Waals surface area contributed by atoms with Crippen LogP contribution in [-0.2, 0) is 21.5 Å². The van der Waals surface area contributed by atoms with Gasteiger partial charge in [0.1, 0.15) is 0 Å². The molecule has 4 nitrogen and oxygen atoms in total. The minimum atomic E-state index is -1.03. The maximum atomic E-state index is 13.5. The van der Waals surface area contributed by atoms with Crippen molar-refractivity contribution in [3.63, 3.8) is 0 Å². The minimum Gasteiger partial charge on any atom is -0.481 e. The lowest BCUT2D eigenvalue weighted by Gasteiger charge is -2.27. The standard InChI is InChI=1S/C22H23NO3/c1-16(2)12-13-22(14-20(24)25)18-10-6-7-11-19(18)23(21(22)26)15-17-8-4-3-5-9-17/h3-11H,1,12-15H2,2H3,(H,24,25)/t22-/m0/s1. The first-order valence-corrected chi connectivity index (χ1v) is 8.75. The molecule has 134 valence electrons. The molecule has 0 saturated heterocycles. The summed E-state index contributed by atoms with van der Waals surface area (Å²) in [5.74, 6) is -1.09. The summed E-state index contributed by atoms with van der Waals surface area (Å²) in [7, 11) is 0. The summed E-state index contributed by atoms with van der Waals surface area (Å²) in [6, 6.07) is 17.3. The molecule has 1 atom stereocenters. The summed E-state index contributed by atoms with van der Waals surface area (Å²) in [5, 5.41) is 9.53. The highest BCUT2D eigenvalue weighted by Gasteiger charge is 2.51. The van der Waals surface area contributed by atoms with Crippen molar-refractivity contribution >= 4 is 17.6 Å². The van der Waals surface area contributed by atoms with Crippen molar-refractivity contribution in [1.29, 1.82) is 0 Å². The number of benzene rings is 2. The maximum absolute atomic E-state index is 13.5. The Labute approximate surface area is 153 Å². The van der Waals surface area contributed by atoms with Crippen LogP contribution < -0.4 is 4.90 Å². The Kier molecular flexibility index (Phi) is 4.94. The van der Waals surface area contributed by atoms with E-state index >= 15 is 0 Å². The molecule has 3 rings (SSSR count). The van der Waals surface area contributed by atoms with Crippen LogP contribution in [0.15, 0.2) is 66.7 Å². The highest BCUT2D eigenvalue weighted by atomic mass is 16.4. The predicted octanol–water partition coefficient (Wildman–Crippen LogP) is 4.30. The van der Waals surface area contributed by atoms with Gasteiger partial charge in [0.05, 0.1) is 18.4 Å². The van der Waals surface area contributed by atoms with Gasteiger partial charge in [-0.1, -0.05) is 54.1 Å². The lowest BCUT2D eigenvalue weighted by Crippen LogP contribution is -2.41. The summed E-state index contributed by atoms with van der Waals surface area (Å²) < 4.78 is 0. The molecule has 0 spiro atoms. The fourth-order valence-corrected chi connectivity index (χ4v) is 3.71. The van der Waals surface area contributed by atoms with Crippen molar-refractivity contribution in [2.45, 2.75) is 38.1 Å². The van der Waals surface area contributed by atoms with Gasteiger partial charge in [-0.15, -0.1) is 6.58 Å². The Morgan fingerprint density at radius 3 is 2.42 bits per heavy atom. The van der Waals surface area contributed by atoms with Gasteiger partial charge in [0.2, 0.25) is 5.91 Å². The number of rotatable bonds is 7. The number of amides is 1. The molecule has 0 radical (unpaired) electrons. The van der Waals surface area contributed by atoms with Crippen LogP contribution in [0.25, 0.3) is 0 Å². The number of aliphatic carboxylic acids is 1.